The van der Waals surface area contributed by atoms with Crippen LogP contribution in [0.15, 0.2) is 0 Å². The summed E-state index contributed by atoms with van der Waals surface area (Å²) in [7, 11) is 0. The van der Waals surface area contributed by atoms with Crippen molar-refractivity contribution in [1.82, 2.24) is 53.2 Å². The van der Waals surface area contributed by atoms with Gasteiger partial charge in [0.05, 0.1) is 26.0 Å². The van der Waals surface area contributed by atoms with Gasteiger partial charge in [-0.1, -0.05) is 34.1 Å². The number of nitrogens with one attached hydrogen (secondary N) is 10. The molecule has 70 heavy (non-hydrogen) atoms. The van der Waals surface area contributed by atoms with Crippen LogP contribution in [0.25, 0.3) is 0 Å². The van der Waals surface area contributed by atoms with Crippen LogP contribution in [0.5, 0.6) is 0 Å². The first-order valence-corrected chi connectivity index (χ1v) is 22.1. The lowest BCUT2D eigenvalue weighted by atomic mass is 9.95. The summed E-state index contributed by atoms with van der Waals surface area (Å²) in [5, 5.41) is 42.3. The Morgan fingerprint density at radius 2 is 0.986 bits per heavy atom. The Kier molecular flexibility index (Phi) is 25.8. The smallest absolute Gasteiger partial charge is 0.312 e. The van der Waals surface area contributed by atoms with Gasteiger partial charge in [-0.25, -0.2) is 4.79 Å². The van der Waals surface area contributed by atoms with Gasteiger partial charge in [0.2, 0.25) is 70.9 Å². The molecule has 1 saturated heterocycles. The van der Waals surface area contributed by atoms with Crippen molar-refractivity contribution >= 4 is 82.9 Å². The SMILES string of the molecule is CC[C@H](C)[C@@H]1NC(=O)[C@H](C(C)C)NC(=O)[C@H](CO)NC(=O)CNC(=O)[C@H](CC(=O)O)NC(=O)[C@H](CCC(N)=O)NC(=O)[C@H](CCCNC(N)=O)NC(=O)[C@H](CC(N)=O)NC(=O)[C@H](CCC(N)=O)NC1=O. The molecule has 1 aliphatic heterocycles. The van der Waals surface area contributed by atoms with E-state index in [1.165, 1.54) is 13.8 Å². The summed E-state index contributed by atoms with van der Waals surface area (Å²) in [5.74, 6) is -16.5. The molecule has 14 amide bonds. The summed E-state index contributed by atoms with van der Waals surface area (Å²) in [6.07, 6.45) is -4.49. The molecule has 0 unspecified atom stereocenters. The zero-order chi connectivity index (χ0) is 53.4. The molecule has 1 aliphatic rings. The summed E-state index contributed by atoms with van der Waals surface area (Å²) >= 11 is 0. The highest BCUT2D eigenvalue weighted by molar-refractivity contribution is 6.00. The molecule has 0 spiro atoms. The van der Waals surface area contributed by atoms with Gasteiger partial charge in [-0.15, -0.1) is 0 Å². The maximum atomic E-state index is 14.0. The second-order valence-corrected chi connectivity index (χ2v) is 16.6. The van der Waals surface area contributed by atoms with Crippen molar-refractivity contribution in [2.75, 3.05) is 19.7 Å². The minimum Gasteiger partial charge on any atom is -0.481 e. The van der Waals surface area contributed by atoms with Gasteiger partial charge in [0.1, 0.15) is 48.3 Å². The topological polar surface area (TPSA) is 504 Å². The molecule has 0 radical (unpaired) electrons. The number of hydrogen-bond acceptors (Lipinski definition) is 15. The lowest BCUT2D eigenvalue weighted by Crippen LogP contribution is -2.62. The first-order chi connectivity index (χ1) is 32.7. The van der Waals surface area contributed by atoms with Crippen molar-refractivity contribution in [3.05, 3.63) is 0 Å². The molecule has 0 aromatic carbocycles. The Morgan fingerprint density at radius 1 is 0.557 bits per heavy atom. The number of amides is 14. The Balaban J connectivity index is 4.02. The zero-order valence-electron chi connectivity index (χ0n) is 39.2. The maximum absolute atomic E-state index is 14.0. The van der Waals surface area contributed by atoms with Crippen molar-refractivity contribution in [1.29, 1.82) is 0 Å². The van der Waals surface area contributed by atoms with Crippen LogP contribution in [0.3, 0.4) is 0 Å². The van der Waals surface area contributed by atoms with Crippen LogP contribution < -0.4 is 76.1 Å². The number of nitrogens with two attached hydrogens (primary N) is 4. The number of carbonyl (C=O) groups excluding carboxylic acids is 13. The summed E-state index contributed by atoms with van der Waals surface area (Å²) in [6, 6.07) is -14.8. The van der Waals surface area contributed by atoms with Crippen molar-refractivity contribution in [3.8, 4) is 0 Å². The normalized spacial score (nSPS) is 24.6. The summed E-state index contributed by atoms with van der Waals surface area (Å²) in [6.45, 7) is 4.03. The molecule has 0 aliphatic carbocycles. The van der Waals surface area contributed by atoms with Crippen molar-refractivity contribution in [3.63, 3.8) is 0 Å². The second-order valence-electron chi connectivity index (χ2n) is 16.6. The summed E-state index contributed by atoms with van der Waals surface area (Å²) in [5.41, 5.74) is 21.2. The van der Waals surface area contributed by atoms with E-state index in [1.54, 1.807) is 13.8 Å². The number of hydrogen-bond donors (Lipinski definition) is 16. The third-order valence-electron chi connectivity index (χ3n) is 10.6. The first kappa shape index (κ1) is 60.4. The Bertz CT molecular complexity index is 1970. The third-order valence-corrected chi connectivity index (χ3v) is 10.6. The van der Waals surface area contributed by atoms with Gasteiger partial charge in [-0.05, 0) is 37.5 Å². The predicted molar refractivity (Wildman–Crippen MR) is 240 cm³/mol. The Hall–Kier alpha value is -7.66. The number of aliphatic hydroxyl groups excluding tert-OH is 1. The van der Waals surface area contributed by atoms with Gasteiger partial charge in [-0.2, -0.15) is 0 Å². The standard InChI is InChI=1S/C40H66N14O16/c1-5-18(4)31-39(69)50-21(9-11-26(42)57)35(65)51-22(13-27(43)58)36(66)48-19(7-6-12-45-40(44)70)33(63)49-20(8-10-25(41)56)34(64)52-23(14-29(60)61)32(62)46-15-28(59)47-24(16-55)37(67)53-30(17(2)3)38(68)54-31/h17-24,30-31,55H,5-16H2,1-4H3,(H2,41,56)(H2,42,57)(H2,43,58)(H,46,62)(H,47,59)(H,48,66)(H,49,63)(H,50,69)(H,51,65)(H,52,64)(H,53,67)(H,54,68)(H,60,61)(H3,44,45,70)/t18-,19-,20-,21-,22-,23-,24-,30-,31-/m0/s1. The van der Waals surface area contributed by atoms with Gasteiger partial charge in [-0.3, -0.25) is 62.3 Å². The molecule has 0 bridgehead atoms. The van der Waals surface area contributed by atoms with Crippen LogP contribution in [0.1, 0.15) is 85.5 Å². The largest absolute Gasteiger partial charge is 0.481 e. The average Bonchev–Trinajstić information content (AvgIpc) is 3.27. The van der Waals surface area contributed by atoms with Gasteiger partial charge in [0, 0.05) is 19.4 Å². The summed E-state index contributed by atoms with van der Waals surface area (Å²) < 4.78 is 0. The molecule has 0 aromatic heterocycles. The van der Waals surface area contributed by atoms with Gasteiger partial charge in [0.25, 0.3) is 0 Å². The fourth-order valence-electron chi connectivity index (χ4n) is 6.51. The average molecular weight is 999 g/mol. The molecule has 9 atom stereocenters. The molecular formula is C40H66N14O16. The van der Waals surface area contributed by atoms with Crippen LogP contribution in [0.2, 0.25) is 0 Å². The lowest BCUT2D eigenvalue weighted by Gasteiger charge is -2.30. The fraction of sp³-hybridized carbons (Fsp3) is 0.650. The van der Waals surface area contributed by atoms with E-state index in [0.29, 0.717) is 0 Å². The molecule has 30 nitrogen and oxygen atoms in total. The third kappa shape index (κ3) is 22.0. The van der Waals surface area contributed by atoms with E-state index in [9.17, 15) is 77.3 Å². The van der Waals surface area contributed by atoms with E-state index in [-0.39, 0.29) is 25.8 Å². The number of carbonyl (C=O) groups is 14. The number of carboxylic acid groups (broad SMARTS) is 1. The predicted octanol–water partition coefficient (Wildman–Crippen LogP) is -7.98. The van der Waals surface area contributed by atoms with Crippen molar-refractivity contribution < 1.29 is 77.3 Å². The molecule has 30 heteroatoms. The van der Waals surface area contributed by atoms with Gasteiger partial charge in [0.15, 0.2) is 0 Å². The van der Waals surface area contributed by atoms with E-state index in [2.05, 4.69) is 53.2 Å². The van der Waals surface area contributed by atoms with Gasteiger partial charge < -0.3 is 86.3 Å². The molecular weight excluding hydrogens is 933 g/mol. The zero-order valence-corrected chi connectivity index (χ0v) is 39.2. The molecule has 392 valence electrons. The molecule has 1 rings (SSSR count). The Labute approximate surface area is 401 Å². The molecule has 0 aromatic rings. The van der Waals surface area contributed by atoms with E-state index in [0.717, 1.165) is 0 Å². The molecule has 1 fully saturated rings. The highest BCUT2D eigenvalue weighted by Gasteiger charge is 2.37. The van der Waals surface area contributed by atoms with Crippen molar-refractivity contribution in [2.24, 2.45) is 34.8 Å². The van der Waals surface area contributed by atoms with E-state index in [4.69, 9.17) is 22.9 Å². The first-order valence-electron chi connectivity index (χ1n) is 22.1. The van der Waals surface area contributed by atoms with Crippen LogP contribution in [0, 0.1) is 11.8 Å². The Morgan fingerprint density at radius 3 is 1.43 bits per heavy atom. The van der Waals surface area contributed by atoms with Crippen molar-refractivity contribution in [2.45, 2.75) is 134 Å². The molecule has 20 N–H and O–H groups in total. The van der Waals surface area contributed by atoms with Crippen LogP contribution in [-0.2, 0) is 62.3 Å². The minimum atomic E-state index is -1.98. The van der Waals surface area contributed by atoms with Crippen LogP contribution in [-0.4, -0.2) is 161 Å². The van der Waals surface area contributed by atoms with E-state index < -0.39 is 195 Å². The fourth-order valence-corrected chi connectivity index (χ4v) is 6.51. The number of primary amides is 4. The minimum absolute atomic E-state index is 0.114. The highest BCUT2D eigenvalue weighted by Crippen LogP contribution is 2.13. The van der Waals surface area contributed by atoms with Crippen LogP contribution in [0.4, 0.5) is 4.79 Å². The van der Waals surface area contributed by atoms with E-state index in [1.807, 2.05) is 0 Å². The van der Waals surface area contributed by atoms with Crippen LogP contribution >= 0.6 is 0 Å². The molecule has 0 saturated carbocycles. The molecule has 1 heterocycles. The summed E-state index contributed by atoms with van der Waals surface area (Å²) in [4.78, 5) is 182. The number of aliphatic carboxylic acids is 1. The number of urea groups is 1. The van der Waals surface area contributed by atoms with Gasteiger partial charge >= 0.3 is 12.0 Å². The number of aliphatic hydroxyl groups is 1. The highest BCUT2D eigenvalue weighted by atomic mass is 16.4. The second kappa shape index (κ2) is 30.0. The maximum Gasteiger partial charge on any atom is 0.312 e. The quantitative estimate of drug-likeness (QED) is 0.0567. The monoisotopic (exact) mass is 998 g/mol. The lowest BCUT2D eigenvalue weighted by molar-refractivity contribution is -0.141. The number of carboxylic acids is 1. The van der Waals surface area contributed by atoms with E-state index >= 15 is 0 Å². The number of rotatable bonds is 18.